The van der Waals surface area contributed by atoms with Gasteiger partial charge >= 0.3 is 5.97 Å². The molecule has 0 bridgehead atoms. The lowest BCUT2D eigenvalue weighted by molar-refractivity contribution is -0.230. The molecule has 0 aliphatic rings. The highest BCUT2D eigenvalue weighted by Crippen LogP contribution is 2.34. The molecule has 0 aromatic heterocycles. The van der Waals surface area contributed by atoms with Crippen LogP contribution >= 0.6 is 0 Å². The Bertz CT molecular complexity index is 728. The maximum absolute atomic E-state index is 13.5. The highest BCUT2D eigenvalue weighted by atomic mass is 16.5. The van der Waals surface area contributed by atoms with Crippen LogP contribution in [-0.2, 0) is 19.1 Å². The van der Waals surface area contributed by atoms with Gasteiger partial charge in [0.1, 0.15) is 18.8 Å². The molecule has 9 nitrogen and oxygen atoms in total. The minimum atomic E-state index is -3.18. The summed E-state index contributed by atoms with van der Waals surface area (Å²) in [6.07, 6.45) is 10.8. The molecule has 0 aliphatic carbocycles. The number of ketones is 2. The topological polar surface area (TPSA) is 162 Å². The highest BCUT2D eigenvalue weighted by molar-refractivity contribution is 6.00. The quantitative estimate of drug-likeness (QED) is 0.0579. The van der Waals surface area contributed by atoms with Crippen molar-refractivity contribution >= 4 is 17.5 Å². The zero-order valence-corrected chi connectivity index (χ0v) is 26.8. The molecule has 9 heteroatoms. The predicted octanol–water partition coefficient (Wildman–Crippen LogP) is 5.10. The standard InChI is InChI=1S/C33H62O9/c1-4-7-10-13-16-19-22-28(36)32(40,26-42-30(38)24-21-18-15-12-9-6-3)33(41,31(39)27(35)25-34)29(37)23-20-17-14-11-8-5-2/h27,31,34-35,39-41H,4-26H2,1-3H3/t27-,31+,32-,33-/m0/s1. The summed E-state index contributed by atoms with van der Waals surface area (Å²) in [5.74, 6) is -2.68. The van der Waals surface area contributed by atoms with Crippen molar-refractivity contribution in [1.29, 1.82) is 0 Å². The minimum absolute atomic E-state index is 0.0414. The second-order valence-corrected chi connectivity index (χ2v) is 11.9. The van der Waals surface area contributed by atoms with Crippen molar-refractivity contribution in [2.75, 3.05) is 13.2 Å². The Kier molecular flexibility index (Phi) is 23.2. The first-order valence-electron chi connectivity index (χ1n) is 16.7. The monoisotopic (exact) mass is 602 g/mol. The highest BCUT2D eigenvalue weighted by Gasteiger charge is 2.64. The molecule has 5 N–H and O–H groups in total. The number of carbonyl (C=O) groups excluding carboxylic acids is 3. The molecule has 0 spiro atoms. The summed E-state index contributed by atoms with van der Waals surface area (Å²) >= 11 is 0. The SMILES string of the molecule is CCCCCCCCC(=O)OC[C@](O)(C(=O)CCCCCCCC)[C@](O)(C(=O)CCCCCCCC)[C@H](O)[C@@H](O)CO. The van der Waals surface area contributed by atoms with Gasteiger partial charge in [0.2, 0.25) is 0 Å². The first-order chi connectivity index (χ1) is 20.1. The van der Waals surface area contributed by atoms with Gasteiger partial charge in [-0.05, 0) is 19.3 Å². The lowest BCUT2D eigenvalue weighted by Crippen LogP contribution is -2.73. The maximum Gasteiger partial charge on any atom is 0.305 e. The van der Waals surface area contributed by atoms with Gasteiger partial charge in [0.15, 0.2) is 22.8 Å². The minimum Gasteiger partial charge on any atom is -0.462 e. The Morgan fingerprint density at radius 3 is 1.40 bits per heavy atom. The second kappa shape index (κ2) is 24.0. The van der Waals surface area contributed by atoms with Crippen molar-refractivity contribution in [2.24, 2.45) is 0 Å². The van der Waals surface area contributed by atoms with Crippen LogP contribution < -0.4 is 0 Å². The van der Waals surface area contributed by atoms with E-state index in [1.807, 2.05) is 0 Å². The van der Waals surface area contributed by atoms with E-state index in [1.165, 1.54) is 0 Å². The van der Waals surface area contributed by atoms with Crippen LogP contribution in [0.3, 0.4) is 0 Å². The number of carbonyl (C=O) groups is 3. The fraction of sp³-hybridized carbons (Fsp3) is 0.909. The van der Waals surface area contributed by atoms with Gasteiger partial charge in [0, 0.05) is 19.3 Å². The van der Waals surface area contributed by atoms with E-state index in [2.05, 4.69) is 20.8 Å². The molecule has 0 rings (SSSR count). The van der Waals surface area contributed by atoms with Gasteiger partial charge in [-0.2, -0.15) is 0 Å². The van der Waals surface area contributed by atoms with Crippen molar-refractivity contribution < 1.29 is 44.7 Å². The third-order valence-corrected chi connectivity index (χ3v) is 8.19. The molecule has 0 aromatic carbocycles. The molecule has 0 aliphatic heterocycles. The molecule has 0 amide bonds. The summed E-state index contributed by atoms with van der Waals surface area (Å²) in [6, 6.07) is 0. The number of esters is 1. The number of rotatable bonds is 29. The maximum atomic E-state index is 13.5. The van der Waals surface area contributed by atoms with E-state index in [9.17, 15) is 39.9 Å². The molecule has 0 radical (unpaired) electrons. The van der Waals surface area contributed by atoms with E-state index in [4.69, 9.17) is 4.74 Å². The van der Waals surface area contributed by atoms with Crippen LogP contribution in [0, 0.1) is 0 Å². The Hall–Kier alpha value is -1.39. The van der Waals surface area contributed by atoms with Crippen LogP contribution in [0.4, 0.5) is 0 Å². The summed E-state index contributed by atoms with van der Waals surface area (Å²) in [4.78, 5) is 39.6. The third-order valence-electron chi connectivity index (χ3n) is 8.19. The van der Waals surface area contributed by atoms with Crippen LogP contribution in [0.5, 0.6) is 0 Å². The summed E-state index contributed by atoms with van der Waals surface area (Å²) in [6.45, 7) is 4.23. The number of hydrogen-bond acceptors (Lipinski definition) is 9. The predicted molar refractivity (Wildman–Crippen MR) is 164 cm³/mol. The molecule has 0 fully saturated rings. The summed E-state index contributed by atoms with van der Waals surface area (Å²) in [7, 11) is 0. The molecule has 0 aromatic rings. The van der Waals surface area contributed by atoms with Gasteiger partial charge in [-0.1, -0.05) is 117 Å². The lowest BCUT2D eigenvalue weighted by atomic mass is 9.70. The molecule has 0 saturated carbocycles. The number of unbranched alkanes of at least 4 members (excludes halogenated alkanes) is 15. The fourth-order valence-corrected chi connectivity index (χ4v) is 5.26. The molecule has 0 unspecified atom stereocenters. The van der Waals surface area contributed by atoms with Crippen LogP contribution in [0.15, 0.2) is 0 Å². The van der Waals surface area contributed by atoms with Gasteiger partial charge in [-0.15, -0.1) is 0 Å². The van der Waals surface area contributed by atoms with Gasteiger partial charge in [-0.3, -0.25) is 14.4 Å². The first-order valence-corrected chi connectivity index (χ1v) is 16.7. The number of Topliss-reactive ketones (excluding diaryl/α,β-unsaturated/α-hetero) is 2. The van der Waals surface area contributed by atoms with Gasteiger partial charge < -0.3 is 30.3 Å². The van der Waals surface area contributed by atoms with Crippen molar-refractivity contribution in [2.45, 2.75) is 179 Å². The van der Waals surface area contributed by atoms with E-state index in [-0.39, 0.29) is 19.3 Å². The lowest BCUT2D eigenvalue weighted by Gasteiger charge is -2.44. The molecular weight excluding hydrogens is 540 g/mol. The number of ether oxygens (including phenoxy) is 1. The van der Waals surface area contributed by atoms with Crippen molar-refractivity contribution in [3.63, 3.8) is 0 Å². The Morgan fingerprint density at radius 2 is 0.976 bits per heavy atom. The van der Waals surface area contributed by atoms with Gasteiger partial charge in [0.25, 0.3) is 0 Å². The largest absolute Gasteiger partial charge is 0.462 e. The summed E-state index contributed by atoms with van der Waals surface area (Å²) in [5.41, 5.74) is -6.18. The average molecular weight is 603 g/mol. The number of hydrogen-bond donors (Lipinski definition) is 5. The Morgan fingerprint density at radius 1 is 0.595 bits per heavy atom. The van der Waals surface area contributed by atoms with E-state index < -0.39 is 54.2 Å². The zero-order chi connectivity index (χ0) is 31.9. The smallest absolute Gasteiger partial charge is 0.305 e. The molecule has 0 saturated heterocycles. The molecule has 248 valence electrons. The number of aliphatic hydroxyl groups is 5. The van der Waals surface area contributed by atoms with Crippen molar-refractivity contribution in [1.82, 2.24) is 0 Å². The van der Waals surface area contributed by atoms with Crippen LogP contribution in [0.1, 0.15) is 156 Å². The van der Waals surface area contributed by atoms with E-state index in [0.717, 1.165) is 83.5 Å². The van der Waals surface area contributed by atoms with Crippen molar-refractivity contribution in [3.8, 4) is 0 Å². The van der Waals surface area contributed by atoms with Crippen LogP contribution in [0.2, 0.25) is 0 Å². The molecular formula is C33H62O9. The van der Waals surface area contributed by atoms with Gasteiger partial charge in [-0.25, -0.2) is 0 Å². The van der Waals surface area contributed by atoms with E-state index >= 15 is 0 Å². The van der Waals surface area contributed by atoms with Gasteiger partial charge in [0.05, 0.1) is 6.61 Å². The normalized spacial score (nSPS) is 15.9. The zero-order valence-electron chi connectivity index (χ0n) is 26.8. The Balaban J connectivity index is 5.86. The van der Waals surface area contributed by atoms with Crippen LogP contribution in [-0.4, -0.2) is 79.7 Å². The second-order valence-electron chi connectivity index (χ2n) is 11.9. The molecule has 42 heavy (non-hydrogen) atoms. The van der Waals surface area contributed by atoms with E-state index in [1.54, 1.807) is 0 Å². The van der Waals surface area contributed by atoms with Crippen molar-refractivity contribution in [3.05, 3.63) is 0 Å². The van der Waals surface area contributed by atoms with E-state index in [0.29, 0.717) is 32.1 Å². The number of aliphatic hydroxyl groups excluding tert-OH is 3. The molecule has 0 heterocycles. The average Bonchev–Trinajstić information content (AvgIpc) is 2.99. The van der Waals surface area contributed by atoms with Crippen LogP contribution in [0.25, 0.3) is 0 Å². The Labute approximate surface area is 254 Å². The summed E-state index contributed by atoms with van der Waals surface area (Å²) < 4.78 is 5.27. The summed E-state index contributed by atoms with van der Waals surface area (Å²) in [5, 5.41) is 54.2. The first kappa shape index (κ1) is 40.6. The molecule has 4 atom stereocenters. The fourth-order valence-electron chi connectivity index (χ4n) is 5.26. The third kappa shape index (κ3) is 14.4.